The van der Waals surface area contributed by atoms with Gasteiger partial charge in [0.25, 0.3) is 5.91 Å². The van der Waals surface area contributed by atoms with Gasteiger partial charge in [0, 0.05) is 18.7 Å². The highest BCUT2D eigenvalue weighted by atomic mass is 16.3. The Morgan fingerprint density at radius 1 is 1.35 bits per heavy atom. The highest BCUT2D eigenvalue weighted by Gasteiger charge is 2.19. The molecule has 1 aromatic carbocycles. The zero-order chi connectivity index (χ0) is 16.1. The number of aliphatic hydroxyl groups is 1. The van der Waals surface area contributed by atoms with Crippen LogP contribution in [-0.2, 0) is 0 Å². The average Bonchev–Trinajstić information content (AvgIpc) is 3.06. The van der Waals surface area contributed by atoms with Crippen LogP contribution in [0.4, 0.5) is 0 Å². The second kappa shape index (κ2) is 7.59. The first-order valence-corrected chi connectivity index (χ1v) is 8.58. The quantitative estimate of drug-likeness (QED) is 0.767. The molecule has 0 bridgehead atoms. The monoisotopic (exact) mass is 315 g/mol. The number of amides is 1. The van der Waals surface area contributed by atoms with Crippen molar-refractivity contribution in [2.75, 3.05) is 13.2 Å². The summed E-state index contributed by atoms with van der Waals surface area (Å²) in [6.07, 6.45) is 9.11. The molecule has 0 spiro atoms. The summed E-state index contributed by atoms with van der Waals surface area (Å²) < 4.78 is 0. The van der Waals surface area contributed by atoms with Crippen LogP contribution in [-0.4, -0.2) is 34.1 Å². The zero-order valence-corrected chi connectivity index (χ0v) is 13.4. The van der Waals surface area contributed by atoms with Crippen LogP contribution in [0.3, 0.4) is 0 Å². The number of H-pyrrole nitrogens is 1. The first-order valence-electron chi connectivity index (χ1n) is 8.58. The van der Waals surface area contributed by atoms with Gasteiger partial charge in [0.15, 0.2) is 0 Å². The molecule has 23 heavy (non-hydrogen) atoms. The summed E-state index contributed by atoms with van der Waals surface area (Å²) in [5, 5.41) is 12.6. The Bertz CT molecular complexity index is 647. The van der Waals surface area contributed by atoms with E-state index in [-0.39, 0.29) is 18.4 Å². The number of fused-ring (bicyclic) bond motifs is 1. The highest BCUT2D eigenvalue weighted by molar-refractivity contribution is 5.97. The number of aliphatic hydroxyl groups excluding tert-OH is 1. The number of carbonyl (C=O) groups excluding carboxylic acids is 1. The van der Waals surface area contributed by atoms with Gasteiger partial charge in [-0.05, 0) is 36.5 Å². The summed E-state index contributed by atoms with van der Waals surface area (Å²) in [6, 6.07) is 5.44. The van der Waals surface area contributed by atoms with Gasteiger partial charge in [0.1, 0.15) is 0 Å². The van der Waals surface area contributed by atoms with E-state index in [1.165, 1.54) is 32.1 Å². The van der Waals surface area contributed by atoms with Crippen LogP contribution >= 0.6 is 0 Å². The molecule has 1 aliphatic rings. The third-order valence-electron chi connectivity index (χ3n) is 4.88. The zero-order valence-electron chi connectivity index (χ0n) is 13.4. The van der Waals surface area contributed by atoms with Crippen LogP contribution in [0.15, 0.2) is 24.5 Å². The molecule has 0 aliphatic heterocycles. The van der Waals surface area contributed by atoms with Crippen molar-refractivity contribution < 1.29 is 9.90 Å². The van der Waals surface area contributed by atoms with Gasteiger partial charge in [-0.2, -0.15) is 0 Å². The van der Waals surface area contributed by atoms with E-state index >= 15 is 0 Å². The Morgan fingerprint density at radius 3 is 2.96 bits per heavy atom. The summed E-state index contributed by atoms with van der Waals surface area (Å²) in [5.41, 5.74) is 2.33. The molecule has 1 unspecified atom stereocenters. The number of benzene rings is 1. The van der Waals surface area contributed by atoms with Crippen molar-refractivity contribution in [3.05, 3.63) is 30.1 Å². The Kier molecular flexibility index (Phi) is 5.28. The minimum Gasteiger partial charge on any atom is -0.396 e. The predicted octanol–water partition coefficient (Wildman–Crippen LogP) is 2.87. The number of carbonyl (C=O) groups is 1. The van der Waals surface area contributed by atoms with Gasteiger partial charge >= 0.3 is 0 Å². The largest absolute Gasteiger partial charge is 0.396 e. The number of rotatable bonds is 6. The molecule has 1 aromatic heterocycles. The molecule has 1 fully saturated rings. The standard InChI is InChI=1S/C18H25N3O2/c22-11-14(8-13-4-2-1-3-5-13)10-19-18(23)15-6-7-16-17(9-15)21-12-20-16/h6-7,9,12-14,22H,1-5,8,10-11H2,(H,19,23)(H,20,21). The molecule has 1 heterocycles. The van der Waals surface area contributed by atoms with Crippen molar-refractivity contribution in [1.82, 2.24) is 15.3 Å². The smallest absolute Gasteiger partial charge is 0.251 e. The van der Waals surface area contributed by atoms with Crippen molar-refractivity contribution in [3.63, 3.8) is 0 Å². The molecule has 5 heteroatoms. The molecule has 3 rings (SSSR count). The molecule has 1 amide bonds. The normalized spacial score (nSPS) is 17.3. The SMILES string of the molecule is O=C(NCC(CO)CC1CCCCC1)c1ccc2nc[nH]c2c1. The maximum atomic E-state index is 12.3. The predicted molar refractivity (Wildman–Crippen MR) is 90.2 cm³/mol. The van der Waals surface area contributed by atoms with E-state index in [4.69, 9.17) is 0 Å². The van der Waals surface area contributed by atoms with Gasteiger partial charge in [-0.25, -0.2) is 4.98 Å². The van der Waals surface area contributed by atoms with E-state index in [2.05, 4.69) is 15.3 Å². The highest BCUT2D eigenvalue weighted by Crippen LogP contribution is 2.28. The van der Waals surface area contributed by atoms with Gasteiger partial charge in [-0.15, -0.1) is 0 Å². The number of hydrogen-bond donors (Lipinski definition) is 3. The van der Waals surface area contributed by atoms with E-state index < -0.39 is 0 Å². The number of hydrogen-bond acceptors (Lipinski definition) is 3. The number of nitrogens with zero attached hydrogens (tertiary/aromatic N) is 1. The fourth-order valence-corrected chi connectivity index (χ4v) is 3.53. The van der Waals surface area contributed by atoms with Gasteiger partial charge < -0.3 is 15.4 Å². The summed E-state index contributed by atoms with van der Waals surface area (Å²) in [7, 11) is 0. The maximum absolute atomic E-state index is 12.3. The van der Waals surface area contributed by atoms with Crippen molar-refractivity contribution in [1.29, 1.82) is 0 Å². The number of aromatic nitrogens is 2. The summed E-state index contributed by atoms with van der Waals surface area (Å²) in [6.45, 7) is 0.670. The fourth-order valence-electron chi connectivity index (χ4n) is 3.53. The minimum atomic E-state index is -0.0939. The molecule has 1 aliphatic carbocycles. The number of imidazole rings is 1. The summed E-state index contributed by atoms with van der Waals surface area (Å²) in [5.74, 6) is 0.765. The number of aromatic amines is 1. The lowest BCUT2D eigenvalue weighted by molar-refractivity contribution is 0.0933. The van der Waals surface area contributed by atoms with Gasteiger partial charge in [0.05, 0.1) is 17.4 Å². The van der Waals surface area contributed by atoms with E-state index in [9.17, 15) is 9.90 Å². The molecule has 1 atom stereocenters. The van der Waals surface area contributed by atoms with Crippen LogP contribution in [0.2, 0.25) is 0 Å². The first-order chi connectivity index (χ1) is 11.3. The molecule has 5 nitrogen and oxygen atoms in total. The van der Waals surface area contributed by atoms with Gasteiger partial charge in [-0.1, -0.05) is 32.1 Å². The average molecular weight is 315 g/mol. The molecule has 1 saturated carbocycles. The van der Waals surface area contributed by atoms with Crippen molar-refractivity contribution in [3.8, 4) is 0 Å². The Morgan fingerprint density at radius 2 is 2.17 bits per heavy atom. The molecule has 2 aromatic rings. The van der Waals surface area contributed by atoms with Gasteiger partial charge in [-0.3, -0.25) is 4.79 Å². The molecule has 0 saturated heterocycles. The lowest BCUT2D eigenvalue weighted by Crippen LogP contribution is -2.32. The van der Waals surface area contributed by atoms with Crippen LogP contribution in [0.25, 0.3) is 11.0 Å². The van der Waals surface area contributed by atoms with E-state index in [0.29, 0.717) is 18.0 Å². The fraction of sp³-hybridized carbons (Fsp3) is 0.556. The number of nitrogens with one attached hydrogen (secondary N) is 2. The van der Waals surface area contributed by atoms with E-state index in [0.717, 1.165) is 17.5 Å². The van der Waals surface area contributed by atoms with Gasteiger partial charge in [0.2, 0.25) is 0 Å². The van der Waals surface area contributed by atoms with Crippen molar-refractivity contribution >= 4 is 16.9 Å². The van der Waals surface area contributed by atoms with Crippen molar-refractivity contribution in [2.45, 2.75) is 38.5 Å². The molecular weight excluding hydrogens is 290 g/mol. The second-order valence-electron chi connectivity index (χ2n) is 6.63. The minimum absolute atomic E-state index is 0.0939. The van der Waals surface area contributed by atoms with Crippen LogP contribution < -0.4 is 5.32 Å². The van der Waals surface area contributed by atoms with Crippen molar-refractivity contribution in [2.24, 2.45) is 11.8 Å². The van der Waals surface area contributed by atoms with Crippen LogP contribution in [0.1, 0.15) is 48.9 Å². The topological polar surface area (TPSA) is 78.0 Å². The molecule has 124 valence electrons. The maximum Gasteiger partial charge on any atom is 0.251 e. The first kappa shape index (κ1) is 16.0. The van der Waals surface area contributed by atoms with E-state index in [1.54, 1.807) is 12.4 Å². The van der Waals surface area contributed by atoms with E-state index in [1.807, 2.05) is 12.1 Å². The summed E-state index contributed by atoms with van der Waals surface area (Å²) >= 11 is 0. The molecular formula is C18H25N3O2. The Balaban J connectivity index is 1.53. The molecule has 0 radical (unpaired) electrons. The Hall–Kier alpha value is -1.88. The Labute approximate surface area is 136 Å². The third kappa shape index (κ3) is 4.10. The second-order valence-corrected chi connectivity index (χ2v) is 6.63. The van der Waals surface area contributed by atoms with Crippen LogP contribution in [0.5, 0.6) is 0 Å². The lowest BCUT2D eigenvalue weighted by Gasteiger charge is -2.25. The third-order valence-corrected chi connectivity index (χ3v) is 4.88. The summed E-state index contributed by atoms with van der Waals surface area (Å²) in [4.78, 5) is 19.5. The van der Waals surface area contributed by atoms with Crippen LogP contribution in [0, 0.1) is 11.8 Å². The molecule has 3 N–H and O–H groups in total. The lowest BCUT2D eigenvalue weighted by atomic mass is 9.83.